The van der Waals surface area contributed by atoms with Crippen molar-refractivity contribution in [3.63, 3.8) is 0 Å². The summed E-state index contributed by atoms with van der Waals surface area (Å²) in [5.74, 6) is 0. The summed E-state index contributed by atoms with van der Waals surface area (Å²) in [5.41, 5.74) is 3.00. The molecule has 0 bridgehead atoms. The van der Waals surface area contributed by atoms with Gasteiger partial charge >= 0.3 is 0 Å². The summed E-state index contributed by atoms with van der Waals surface area (Å²) in [5, 5.41) is 3.04. The summed E-state index contributed by atoms with van der Waals surface area (Å²) in [6.45, 7) is 3.45. The van der Waals surface area contributed by atoms with E-state index in [1.54, 1.807) is 0 Å². The Hall–Kier alpha value is -1.87. The van der Waals surface area contributed by atoms with Crippen LogP contribution in [0.25, 0.3) is 11.3 Å². The van der Waals surface area contributed by atoms with Crippen molar-refractivity contribution in [1.82, 2.24) is 9.88 Å². The Bertz CT molecular complexity index is 587. The molecular formula is C16H20N2O. The Kier molecular flexibility index (Phi) is 4.53. The molecule has 1 aromatic heterocycles. The third kappa shape index (κ3) is 2.93. The molecule has 1 heterocycles. The van der Waals surface area contributed by atoms with Crippen molar-refractivity contribution < 1.29 is 0 Å². The molecule has 0 saturated carbocycles. The predicted molar refractivity (Wildman–Crippen MR) is 79.2 cm³/mol. The minimum atomic E-state index is 0.109. The number of nitrogens with zero attached hydrogens (tertiary/aromatic N) is 1. The van der Waals surface area contributed by atoms with Crippen LogP contribution >= 0.6 is 0 Å². The molecule has 0 aliphatic rings. The highest BCUT2D eigenvalue weighted by atomic mass is 16.1. The van der Waals surface area contributed by atoms with Gasteiger partial charge in [-0.1, -0.05) is 43.3 Å². The van der Waals surface area contributed by atoms with E-state index in [4.69, 9.17) is 0 Å². The number of aromatic nitrogens is 1. The van der Waals surface area contributed by atoms with Crippen LogP contribution in [0.3, 0.4) is 0 Å². The zero-order chi connectivity index (χ0) is 13.7. The fraction of sp³-hybridized carbons (Fsp3) is 0.312. The van der Waals surface area contributed by atoms with Crippen LogP contribution < -0.4 is 10.9 Å². The van der Waals surface area contributed by atoms with Crippen molar-refractivity contribution in [1.29, 1.82) is 0 Å². The largest absolute Gasteiger partial charge is 0.315 e. The fourth-order valence-corrected chi connectivity index (χ4v) is 2.26. The summed E-state index contributed by atoms with van der Waals surface area (Å²) in [7, 11) is 1.86. The van der Waals surface area contributed by atoms with E-state index in [-0.39, 0.29) is 5.56 Å². The van der Waals surface area contributed by atoms with Gasteiger partial charge in [0.25, 0.3) is 5.56 Å². The molecule has 100 valence electrons. The molecule has 0 radical (unpaired) electrons. The second kappa shape index (κ2) is 6.34. The van der Waals surface area contributed by atoms with E-state index in [1.807, 2.05) is 54.1 Å². The molecule has 1 N–H and O–H groups in total. The summed E-state index contributed by atoms with van der Waals surface area (Å²) < 4.78 is 1.88. The van der Waals surface area contributed by atoms with Gasteiger partial charge in [0.1, 0.15) is 0 Å². The number of hydrogen-bond donors (Lipinski definition) is 1. The van der Waals surface area contributed by atoms with E-state index in [1.165, 1.54) is 0 Å². The number of benzene rings is 1. The standard InChI is InChI=1S/C16H20N2O/c1-3-11-18-15(13-7-5-4-6-8-13)10-9-14(12-17-2)16(18)19/h4-10,17H,3,11-12H2,1-2H3. The van der Waals surface area contributed by atoms with Gasteiger partial charge in [-0.3, -0.25) is 4.79 Å². The SMILES string of the molecule is CCCn1c(-c2ccccc2)ccc(CNC)c1=O. The third-order valence-corrected chi connectivity index (χ3v) is 3.14. The average molecular weight is 256 g/mol. The van der Waals surface area contributed by atoms with E-state index >= 15 is 0 Å². The number of hydrogen-bond acceptors (Lipinski definition) is 2. The molecule has 19 heavy (non-hydrogen) atoms. The van der Waals surface area contributed by atoms with Gasteiger partial charge in [0.15, 0.2) is 0 Å². The number of nitrogens with one attached hydrogen (secondary N) is 1. The third-order valence-electron chi connectivity index (χ3n) is 3.14. The second-order valence-corrected chi connectivity index (χ2v) is 4.60. The Balaban J connectivity index is 2.55. The quantitative estimate of drug-likeness (QED) is 0.892. The molecule has 2 rings (SSSR count). The van der Waals surface area contributed by atoms with E-state index in [0.29, 0.717) is 6.54 Å². The Morgan fingerprint density at radius 3 is 2.47 bits per heavy atom. The maximum absolute atomic E-state index is 12.5. The van der Waals surface area contributed by atoms with Crippen molar-refractivity contribution in [2.24, 2.45) is 0 Å². The molecule has 3 heteroatoms. The Morgan fingerprint density at radius 2 is 1.84 bits per heavy atom. The predicted octanol–water partition coefficient (Wildman–Crippen LogP) is 2.64. The number of pyridine rings is 1. The van der Waals surface area contributed by atoms with E-state index < -0.39 is 0 Å². The molecule has 1 aromatic carbocycles. The van der Waals surface area contributed by atoms with Crippen LogP contribution in [-0.2, 0) is 13.1 Å². The van der Waals surface area contributed by atoms with E-state index in [9.17, 15) is 4.79 Å². The van der Waals surface area contributed by atoms with Crippen LogP contribution in [0.2, 0.25) is 0 Å². The molecule has 0 saturated heterocycles. The van der Waals surface area contributed by atoms with E-state index in [0.717, 1.165) is 29.8 Å². The van der Waals surface area contributed by atoms with Crippen LogP contribution in [0.4, 0.5) is 0 Å². The Morgan fingerprint density at radius 1 is 1.11 bits per heavy atom. The normalized spacial score (nSPS) is 10.6. The zero-order valence-corrected chi connectivity index (χ0v) is 11.5. The lowest BCUT2D eigenvalue weighted by atomic mass is 10.1. The molecule has 0 amide bonds. The average Bonchev–Trinajstić information content (AvgIpc) is 2.45. The summed E-state index contributed by atoms with van der Waals surface area (Å²) in [4.78, 5) is 12.5. The van der Waals surface area contributed by atoms with Crippen molar-refractivity contribution in [2.75, 3.05) is 7.05 Å². The van der Waals surface area contributed by atoms with Crippen molar-refractivity contribution >= 4 is 0 Å². The van der Waals surface area contributed by atoms with Gasteiger partial charge in [-0.15, -0.1) is 0 Å². The van der Waals surface area contributed by atoms with Crippen LogP contribution in [-0.4, -0.2) is 11.6 Å². The molecule has 0 atom stereocenters. The monoisotopic (exact) mass is 256 g/mol. The minimum Gasteiger partial charge on any atom is -0.315 e. The zero-order valence-electron chi connectivity index (χ0n) is 11.5. The van der Waals surface area contributed by atoms with Crippen molar-refractivity contribution in [3.05, 3.63) is 58.4 Å². The van der Waals surface area contributed by atoms with E-state index in [2.05, 4.69) is 12.2 Å². The van der Waals surface area contributed by atoms with Crippen LogP contribution in [0.15, 0.2) is 47.3 Å². The maximum atomic E-state index is 12.5. The van der Waals surface area contributed by atoms with Gasteiger partial charge in [-0.25, -0.2) is 0 Å². The first-order valence-electron chi connectivity index (χ1n) is 6.70. The van der Waals surface area contributed by atoms with Crippen LogP contribution in [0.5, 0.6) is 0 Å². The first-order valence-corrected chi connectivity index (χ1v) is 6.70. The van der Waals surface area contributed by atoms with Crippen molar-refractivity contribution in [3.8, 4) is 11.3 Å². The summed E-state index contributed by atoms with van der Waals surface area (Å²) >= 11 is 0. The Labute approximate surface area is 113 Å². The molecule has 0 aliphatic carbocycles. The molecule has 3 nitrogen and oxygen atoms in total. The fourth-order valence-electron chi connectivity index (χ4n) is 2.26. The second-order valence-electron chi connectivity index (χ2n) is 4.60. The van der Waals surface area contributed by atoms with Gasteiger partial charge in [0.2, 0.25) is 0 Å². The molecule has 0 aliphatic heterocycles. The smallest absolute Gasteiger partial charge is 0.255 e. The van der Waals surface area contributed by atoms with Crippen LogP contribution in [0, 0.1) is 0 Å². The van der Waals surface area contributed by atoms with Gasteiger partial charge in [0, 0.05) is 18.7 Å². The molecule has 0 unspecified atom stereocenters. The highest BCUT2D eigenvalue weighted by Gasteiger charge is 2.09. The lowest BCUT2D eigenvalue weighted by Crippen LogP contribution is -2.27. The van der Waals surface area contributed by atoms with Gasteiger partial charge in [-0.05, 0) is 25.1 Å². The molecule has 0 spiro atoms. The van der Waals surface area contributed by atoms with Gasteiger partial charge in [0.05, 0.1) is 5.69 Å². The topological polar surface area (TPSA) is 34.0 Å². The van der Waals surface area contributed by atoms with Gasteiger partial charge < -0.3 is 9.88 Å². The summed E-state index contributed by atoms with van der Waals surface area (Å²) in [6.07, 6.45) is 0.947. The molecule has 0 fully saturated rings. The highest BCUT2D eigenvalue weighted by Crippen LogP contribution is 2.18. The highest BCUT2D eigenvalue weighted by molar-refractivity contribution is 5.59. The first-order chi connectivity index (χ1) is 9.27. The van der Waals surface area contributed by atoms with Crippen LogP contribution in [0.1, 0.15) is 18.9 Å². The molecule has 2 aromatic rings. The molecular weight excluding hydrogens is 236 g/mol. The minimum absolute atomic E-state index is 0.109. The lowest BCUT2D eigenvalue weighted by Gasteiger charge is -2.14. The number of rotatable bonds is 5. The lowest BCUT2D eigenvalue weighted by molar-refractivity contribution is 0.648. The van der Waals surface area contributed by atoms with Gasteiger partial charge in [-0.2, -0.15) is 0 Å². The maximum Gasteiger partial charge on any atom is 0.255 e. The van der Waals surface area contributed by atoms with Crippen molar-refractivity contribution in [2.45, 2.75) is 26.4 Å². The first kappa shape index (κ1) is 13.6. The summed E-state index contributed by atoms with van der Waals surface area (Å²) in [6, 6.07) is 14.0.